The fourth-order valence-electron chi connectivity index (χ4n) is 3.01. The lowest BCUT2D eigenvalue weighted by molar-refractivity contribution is 0.517. The van der Waals surface area contributed by atoms with E-state index in [1.54, 1.807) is 22.7 Å². The van der Waals surface area contributed by atoms with Gasteiger partial charge < -0.3 is 4.42 Å². The van der Waals surface area contributed by atoms with Crippen LogP contribution in [0.25, 0.3) is 31.9 Å². The average Bonchev–Trinajstić information content (AvgIpc) is 3.49. The number of aromatic nitrogens is 4. The summed E-state index contributed by atoms with van der Waals surface area (Å²) in [5.41, 5.74) is 3.84. The number of benzene rings is 2. The third kappa shape index (κ3) is 3.92. The lowest BCUT2D eigenvalue weighted by Crippen LogP contribution is -1.88. The van der Waals surface area contributed by atoms with E-state index in [0.29, 0.717) is 23.2 Å². The Balaban J connectivity index is 1.36. The van der Waals surface area contributed by atoms with Gasteiger partial charge in [0.05, 0.1) is 17.8 Å². The molecule has 0 saturated carbocycles. The molecule has 0 bridgehead atoms. The van der Waals surface area contributed by atoms with Crippen LogP contribution in [-0.2, 0) is 6.42 Å². The van der Waals surface area contributed by atoms with Crippen LogP contribution < -0.4 is 0 Å². The summed E-state index contributed by atoms with van der Waals surface area (Å²) in [4.78, 5) is 10.2. The molecule has 30 heavy (non-hydrogen) atoms. The summed E-state index contributed by atoms with van der Waals surface area (Å²) >= 11 is 9.21. The summed E-state index contributed by atoms with van der Waals surface area (Å²) in [6, 6.07) is 17.8. The molecular weight excluding hydrogens is 436 g/mol. The number of hydrogen-bond donors (Lipinski definition) is 0. The van der Waals surface area contributed by atoms with E-state index in [0.717, 1.165) is 37.4 Å². The zero-order valence-corrected chi connectivity index (χ0v) is 18.3. The number of rotatable bonds is 5. The fraction of sp³-hybridized carbons (Fsp3) is 0.0909. The lowest BCUT2D eigenvalue weighted by atomic mass is 10.2. The van der Waals surface area contributed by atoms with Crippen molar-refractivity contribution in [2.24, 2.45) is 0 Å². The highest BCUT2D eigenvalue weighted by Crippen LogP contribution is 2.34. The number of aryl methyl sites for hydroxylation is 1. The standard InChI is InChI=1S/C22H15ClN4OS2/c1-13-19(30-22(24-13)14-6-3-2-4-7-14)20-27-26-18(28-20)11-17-12-29-21(25-17)15-8-5-9-16(23)10-15/h2-10,12H,11H2,1H3. The van der Waals surface area contributed by atoms with E-state index < -0.39 is 0 Å². The second kappa shape index (κ2) is 8.10. The average molecular weight is 451 g/mol. The van der Waals surface area contributed by atoms with E-state index in [9.17, 15) is 0 Å². The topological polar surface area (TPSA) is 64.7 Å². The molecule has 0 radical (unpaired) electrons. The van der Waals surface area contributed by atoms with Gasteiger partial charge in [-0.25, -0.2) is 9.97 Å². The van der Waals surface area contributed by atoms with Crippen molar-refractivity contribution >= 4 is 34.3 Å². The number of halogens is 1. The molecular formula is C22H15ClN4OS2. The highest BCUT2D eigenvalue weighted by molar-refractivity contribution is 7.18. The highest BCUT2D eigenvalue weighted by Gasteiger charge is 2.18. The molecule has 5 aromatic rings. The summed E-state index contributed by atoms with van der Waals surface area (Å²) in [6.45, 7) is 1.96. The maximum Gasteiger partial charge on any atom is 0.259 e. The van der Waals surface area contributed by atoms with Crippen molar-refractivity contribution in [2.45, 2.75) is 13.3 Å². The normalized spacial score (nSPS) is 11.1. The van der Waals surface area contributed by atoms with Gasteiger partial charge in [0.2, 0.25) is 5.89 Å². The monoisotopic (exact) mass is 450 g/mol. The summed E-state index contributed by atoms with van der Waals surface area (Å²) in [6.07, 6.45) is 0.480. The zero-order chi connectivity index (χ0) is 20.5. The molecule has 0 N–H and O–H groups in total. The van der Waals surface area contributed by atoms with E-state index in [1.165, 1.54) is 0 Å². The van der Waals surface area contributed by atoms with Crippen LogP contribution in [0.4, 0.5) is 0 Å². The van der Waals surface area contributed by atoms with Crippen LogP contribution >= 0.6 is 34.3 Å². The van der Waals surface area contributed by atoms with Crippen molar-refractivity contribution < 1.29 is 4.42 Å². The second-order valence-corrected chi connectivity index (χ2v) is 8.93. The Hall–Kier alpha value is -2.87. The molecule has 8 heteroatoms. The maximum atomic E-state index is 6.09. The van der Waals surface area contributed by atoms with E-state index in [-0.39, 0.29) is 0 Å². The van der Waals surface area contributed by atoms with Gasteiger partial charge in [0, 0.05) is 21.5 Å². The van der Waals surface area contributed by atoms with E-state index in [1.807, 2.05) is 66.9 Å². The predicted molar refractivity (Wildman–Crippen MR) is 121 cm³/mol. The first kappa shape index (κ1) is 19.1. The van der Waals surface area contributed by atoms with Crippen molar-refractivity contribution in [1.82, 2.24) is 20.2 Å². The summed E-state index contributed by atoms with van der Waals surface area (Å²) in [5, 5.41) is 13.0. The van der Waals surface area contributed by atoms with Gasteiger partial charge in [-0.2, -0.15) is 0 Å². The molecule has 0 aliphatic carbocycles. The first-order valence-electron chi connectivity index (χ1n) is 9.21. The van der Waals surface area contributed by atoms with E-state index >= 15 is 0 Å². The van der Waals surface area contributed by atoms with Gasteiger partial charge in [0.15, 0.2) is 0 Å². The van der Waals surface area contributed by atoms with Gasteiger partial charge in [-0.15, -0.1) is 32.9 Å². The van der Waals surface area contributed by atoms with Gasteiger partial charge in [-0.3, -0.25) is 0 Å². The Bertz CT molecular complexity index is 1310. The molecule has 0 fully saturated rings. The number of hydrogen-bond acceptors (Lipinski definition) is 7. The number of thiazole rings is 2. The van der Waals surface area contributed by atoms with Crippen LogP contribution in [0.1, 0.15) is 17.3 Å². The molecule has 0 spiro atoms. The molecule has 0 aliphatic rings. The third-order valence-corrected chi connectivity index (χ3v) is 6.80. The first-order chi connectivity index (χ1) is 14.7. The molecule has 3 aromatic heterocycles. The molecule has 3 heterocycles. The summed E-state index contributed by atoms with van der Waals surface area (Å²) < 4.78 is 5.93. The molecule has 5 nitrogen and oxygen atoms in total. The maximum absolute atomic E-state index is 6.09. The minimum atomic E-state index is 0.480. The largest absolute Gasteiger partial charge is 0.419 e. The van der Waals surface area contributed by atoms with Gasteiger partial charge in [-0.1, -0.05) is 54.1 Å². The van der Waals surface area contributed by atoms with Crippen LogP contribution in [-0.4, -0.2) is 20.2 Å². The molecule has 0 atom stereocenters. The quantitative estimate of drug-likeness (QED) is 0.304. The Morgan fingerprint density at radius 2 is 1.77 bits per heavy atom. The van der Waals surface area contributed by atoms with Gasteiger partial charge in [0.25, 0.3) is 5.89 Å². The summed E-state index contributed by atoms with van der Waals surface area (Å²) in [7, 11) is 0. The van der Waals surface area contributed by atoms with Crippen molar-refractivity contribution in [3.63, 3.8) is 0 Å². The lowest BCUT2D eigenvalue weighted by Gasteiger charge is -1.96. The Morgan fingerprint density at radius 1 is 0.933 bits per heavy atom. The summed E-state index contributed by atoms with van der Waals surface area (Å²) in [5.74, 6) is 1.02. The molecule has 0 unspecified atom stereocenters. The molecule has 148 valence electrons. The van der Waals surface area contributed by atoms with Crippen LogP contribution in [0.15, 0.2) is 64.4 Å². The zero-order valence-electron chi connectivity index (χ0n) is 15.9. The van der Waals surface area contributed by atoms with Gasteiger partial charge in [-0.05, 0) is 19.1 Å². The third-order valence-electron chi connectivity index (χ3n) is 4.43. The molecule has 5 rings (SSSR count). The molecule has 0 aliphatic heterocycles. The Labute approximate surface area is 186 Å². The van der Waals surface area contributed by atoms with Crippen molar-refractivity contribution in [1.29, 1.82) is 0 Å². The second-order valence-electron chi connectivity index (χ2n) is 6.63. The van der Waals surface area contributed by atoms with Crippen molar-refractivity contribution in [3.05, 3.63) is 82.3 Å². The fourth-order valence-corrected chi connectivity index (χ4v) is 5.01. The van der Waals surface area contributed by atoms with Crippen molar-refractivity contribution in [2.75, 3.05) is 0 Å². The molecule has 0 saturated heterocycles. The van der Waals surface area contributed by atoms with Crippen LogP contribution in [0.5, 0.6) is 0 Å². The van der Waals surface area contributed by atoms with E-state index in [4.69, 9.17) is 16.0 Å². The minimum absolute atomic E-state index is 0.480. The van der Waals surface area contributed by atoms with Crippen molar-refractivity contribution in [3.8, 4) is 31.9 Å². The number of nitrogens with zero attached hydrogens (tertiary/aromatic N) is 4. The van der Waals surface area contributed by atoms with E-state index in [2.05, 4.69) is 20.2 Å². The minimum Gasteiger partial charge on any atom is -0.419 e. The first-order valence-corrected chi connectivity index (χ1v) is 11.3. The highest BCUT2D eigenvalue weighted by atomic mass is 35.5. The predicted octanol–water partition coefficient (Wildman–Crippen LogP) is 6.54. The van der Waals surface area contributed by atoms with Gasteiger partial charge in [0.1, 0.15) is 14.9 Å². The smallest absolute Gasteiger partial charge is 0.259 e. The van der Waals surface area contributed by atoms with Gasteiger partial charge >= 0.3 is 0 Å². The Kier molecular flexibility index (Phi) is 5.16. The Morgan fingerprint density at radius 3 is 2.60 bits per heavy atom. The molecule has 2 aromatic carbocycles. The molecule has 0 amide bonds. The van der Waals surface area contributed by atoms with Crippen LogP contribution in [0, 0.1) is 6.92 Å². The SMILES string of the molecule is Cc1nc(-c2ccccc2)sc1-c1nnc(Cc2csc(-c3cccc(Cl)c3)n2)o1. The van der Waals surface area contributed by atoms with Crippen LogP contribution in [0.2, 0.25) is 5.02 Å². The van der Waals surface area contributed by atoms with Crippen LogP contribution in [0.3, 0.4) is 0 Å².